The van der Waals surface area contributed by atoms with E-state index >= 15 is 0 Å². The molecule has 6 nitrogen and oxygen atoms in total. The Kier molecular flexibility index (Phi) is 10.2. The zero-order valence-electron chi connectivity index (χ0n) is 18.6. The lowest BCUT2D eigenvalue weighted by Crippen LogP contribution is -2.20. The average molecular weight is 558 g/mol. The number of benzene rings is 2. The van der Waals surface area contributed by atoms with E-state index in [9.17, 15) is 16.8 Å². The van der Waals surface area contributed by atoms with Gasteiger partial charge in [0, 0.05) is 23.5 Å². The highest BCUT2D eigenvalue weighted by molar-refractivity contribution is 7.91. The van der Waals surface area contributed by atoms with Crippen molar-refractivity contribution in [2.45, 2.75) is 30.6 Å². The Morgan fingerprint density at radius 3 is 1.67 bits per heavy atom. The second-order valence-electron chi connectivity index (χ2n) is 7.87. The van der Waals surface area contributed by atoms with Crippen molar-refractivity contribution < 1.29 is 26.3 Å². The van der Waals surface area contributed by atoms with Crippen molar-refractivity contribution in [3.63, 3.8) is 0 Å². The Bertz CT molecular complexity index is 1170. The molecule has 0 aliphatic heterocycles. The Hall–Kier alpha value is -1.19. The first-order valence-corrected chi connectivity index (χ1v) is 14.8. The van der Waals surface area contributed by atoms with Gasteiger partial charge in [-0.05, 0) is 36.4 Å². The predicted molar refractivity (Wildman–Crippen MR) is 133 cm³/mol. The van der Waals surface area contributed by atoms with Gasteiger partial charge in [-0.25, -0.2) is 16.8 Å². The average Bonchev–Trinajstić information content (AvgIpc) is 2.76. The van der Waals surface area contributed by atoms with E-state index in [2.05, 4.69) is 0 Å². The molecule has 2 aromatic carbocycles. The van der Waals surface area contributed by atoms with Gasteiger partial charge in [-0.2, -0.15) is 0 Å². The quantitative estimate of drug-likeness (QED) is 0.319. The maximum absolute atomic E-state index is 13.0. The Labute approximate surface area is 211 Å². The molecule has 2 atom stereocenters. The van der Waals surface area contributed by atoms with Crippen molar-refractivity contribution in [3.05, 3.63) is 46.4 Å². The molecule has 2 rings (SSSR count). The molecule has 0 unspecified atom stereocenters. The van der Waals surface area contributed by atoms with Gasteiger partial charge >= 0.3 is 0 Å². The second kappa shape index (κ2) is 12.0. The molecule has 0 aliphatic rings. The highest BCUT2D eigenvalue weighted by Gasteiger charge is 2.21. The Morgan fingerprint density at radius 1 is 0.818 bits per heavy atom. The Morgan fingerprint density at radius 2 is 1.27 bits per heavy atom. The van der Waals surface area contributed by atoms with E-state index in [0.29, 0.717) is 18.2 Å². The molecule has 0 spiro atoms. The topological polar surface area (TPSA) is 86.7 Å². The highest BCUT2D eigenvalue weighted by atomic mass is 35.5. The van der Waals surface area contributed by atoms with Crippen molar-refractivity contribution >= 4 is 54.5 Å². The number of halogens is 3. The molecule has 0 amide bonds. The van der Waals surface area contributed by atoms with Gasteiger partial charge in [0.15, 0.2) is 0 Å². The fourth-order valence-electron chi connectivity index (χ4n) is 2.78. The summed E-state index contributed by atoms with van der Waals surface area (Å²) in [5.41, 5.74) is 0. The molecular weight excluding hydrogens is 531 g/mol. The van der Waals surface area contributed by atoms with Crippen LogP contribution in [-0.2, 0) is 19.7 Å². The molecule has 0 aromatic heterocycles. The molecule has 0 aliphatic carbocycles. The van der Waals surface area contributed by atoms with Crippen molar-refractivity contribution in [1.82, 2.24) is 0 Å². The number of hydrogen-bond acceptors (Lipinski definition) is 6. The lowest BCUT2D eigenvalue weighted by molar-refractivity contribution is 0.272. The minimum atomic E-state index is -3.89. The van der Waals surface area contributed by atoms with Crippen LogP contribution in [-0.4, -0.2) is 47.4 Å². The number of alkyl halides is 1. The first-order valence-electron chi connectivity index (χ1n) is 10.3. The molecule has 0 saturated carbocycles. The monoisotopic (exact) mass is 556 g/mol. The van der Waals surface area contributed by atoms with E-state index in [-0.39, 0.29) is 55.5 Å². The number of hydrogen-bond donors (Lipinski definition) is 0. The number of ether oxygens (including phenoxy) is 2. The van der Waals surface area contributed by atoms with Gasteiger partial charge in [-0.1, -0.05) is 44.0 Å². The normalized spacial score (nSPS) is 14.0. The van der Waals surface area contributed by atoms with E-state index in [1.54, 1.807) is 13.8 Å². The van der Waals surface area contributed by atoms with Crippen LogP contribution in [0.3, 0.4) is 0 Å². The summed E-state index contributed by atoms with van der Waals surface area (Å²) in [6.07, 6.45) is 0. The van der Waals surface area contributed by atoms with Crippen LogP contribution < -0.4 is 9.47 Å². The van der Waals surface area contributed by atoms with Gasteiger partial charge in [0.1, 0.15) is 21.3 Å². The third-order valence-corrected chi connectivity index (χ3v) is 9.54. The van der Waals surface area contributed by atoms with E-state index in [0.717, 1.165) is 0 Å². The number of rotatable bonds is 12. The molecule has 0 bridgehead atoms. The first kappa shape index (κ1) is 28.1. The summed E-state index contributed by atoms with van der Waals surface area (Å²) in [7, 11) is -7.02. The summed E-state index contributed by atoms with van der Waals surface area (Å²) >= 11 is 18.2. The first-order chi connectivity index (χ1) is 15.4. The molecule has 0 radical (unpaired) electrons. The molecule has 0 fully saturated rings. The maximum atomic E-state index is 13.0. The summed E-state index contributed by atoms with van der Waals surface area (Å²) in [6, 6.07) is 8.36. The molecule has 11 heteroatoms. The van der Waals surface area contributed by atoms with Gasteiger partial charge in [0.05, 0.1) is 38.8 Å². The van der Waals surface area contributed by atoms with Crippen LogP contribution in [0.4, 0.5) is 0 Å². The fourth-order valence-corrected chi connectivity index (χ4v) is 5.98. The standard InChI is InChI=1S/C22H27Cl3O6S2/c1-4-32(26,27)14-16(3)13-31-22-8-6-18(10-20(22)25)33(28,29)17-5-7-21(19(24)9-17)30-12-15(2)11-23/h5-10,15-16H,4,11-14H2,1-3H3/t15-,16-/m1/s1. The molecule has 0 heterocycles. The van der Waals surface area contributed by atoms with Gasteiger partial charge in [0.2, 0.25) is 9.84 Å². The van der Waals surface area contributed by atoms with Gasteiger partial charge in [-0.3, -0.25) is 0 Å². The van der Waals surface area contributed by atoms with Crippen molar-refractivity contribution in [3.8, 4) is 11.5 Å². The summed E-state index contributed by atoms with van der Waals surface area (Å²) in [5, 5.41) is 0.266. The largest absolute Gasteiger partial charge is 0.492 e. The summed E-state index contributed by atoms with van der Waals surface area (Å²) in [6.45, 7) is 5.76. The van der Waals surface area contributed by atoms with Crippen molar-refractivity contribution in [1.29, 1.82) is 0 Å². The summed E-state index contributed by atoms with van der Waals surface area (Å²) < 4.78 is 60.8. The summed E-state index contributed by atoms with van der Waals surface area (Å²) in [5.74, 6) is 1.01. The predicted octanol–water partition coefficient (Wildman–Crippen LogP) is 5.53. The molecule has 184 valence electrons. The van der Waals surface area contributed by atoms with Crippen LogP contribution >= 0.6 is 34.8 Å². The Balaban J connectivity index is 2.15. The minimum Gasteiger partial charge on any atom is -0.492 e. The lowest BCUT2D eigenvalue weighted by Gasteiger charge is -2.15. The van der Waals surface area contributed by atoms with Crippen LogP contribution in [0.15, 0.2) is 46.2 Å². The SMILES string of the molecule is CCS(=O)(=O)C[C@H](C)COc1ccc(S(=O)(=O)c2ccc(OC[C@H](C)CCl)c(Cl)c2)cc1Cl. The molecule has 0 saturated heterocycles. The van der Waals surface area contributed by atoms with Crippen molar-refractivity contribution in [2.24, 2.45) is 11.8 Å². The minimum absolute atomic E-state index is 0.00115. The van der Waals surface area contributed by atoms with Crippen LogP contribution in [0.1, 0.15) is 20.8 Å². The fraction of sp³-hybridized carbons (Fsp3) is 0.455. The van der Waals surface area contributed by atoms with Crippen LogP contribution in [0, 0.1) is 11.8 Å². The third kappa shape index (κ3) is 7.92. The molecule has 2 aromatic rings. The van der Waals surface area contributed by atoms with Gasteiger partial charge in [0.25, 0.3) is 0 Å². The van der Waals surface area contributed by atoms with Gasteiger partial charge < -0.3 is 9.47 Å². The van der Waals surface area contributed by atoms with Crippen LogP contribution in [0.5, 0.6) is 11.5 Å². The summed E-state index contributed by atoms with van der Waals surface area (Å²) in [4.78, 5) is -0.0321. The van der Waals surface area contributed by atoms with E-state index in [1.165, 1.54) is 36.4 Å². The molecular formula is C22H27Cl3O6S2. The van der Waals surface area contributed by atoms with Crippen LogP contribution in [0.2, 0.25) is 10.0 Å². The van der Waals surface area contributed by atoms with E-state index in [1.807, 2.05) is 6.92 Å². The third-order valence-electron chi connectivity index (χ3n) is 4.72. The van der Waals surface area contributed by atoms with Crippen LogP contribution in [0.25, 0.3) is 0 Å². The lowest BCUT2D eigenvalue weighted by atomic mass is 10.2. The van der Waals surface area contributed by atoms with E-state index in [4.69, 9.17) is 44.3 Å². The second-order valence-corrected chi connectivity index (χ2v) is 13.3. The molecule has 0 N–H and O–H groups in total. The van der Waals surface area contributed by atoms with Gasteiger partial charge in [-0.15, -0.1) is 11.6 Å². The highest BCUT2D eigenvalue weighted by Crippen LogP contribution is 2.33. The van der Waals surface area contributed by atoms with E-state index < -0.39 is 19.7 Å². The molecule has 33 heavy (non-hydrogen) atoms. The maximum Gasteiger partial charge on any atom is 0.206 e. The smallest absolute Gasteiger partial charge is 0.206 e. The number of sulfone groups is 2. The van der Waals surface area contributed by atoms with Crippen molar-refractivity contribution in [2.75, 3.05) is 30.6 Å². The zero-order valence-corrected chi connectivity index (χ0v) is 22.5. The zero-order chi connectivity index (χ0) is 24.8.